The van der Waals surface area contributed by atoms with Crippen LogP contribution in [0, 0.1) is 0 Å². The van der Waals surface area contributed by atoms with Crippen molar-refractivity contribution in [2.75, 3.05) is 13.1 Å². The summed E-state index contributed by atoms with van der Waals surface area (Å²) in [6, 6.07) is 0. The molecule has 0 unspecified atom stereocenters. The van der Waals surface area contributed by atoms with Crippen molar-refractivity contribution in [1.29, 1.82) is 0 Å². The molecule has 0 saturated carbocycles. The van der Waals surface area contributed by atoms with E-state index in [1.807, 2.05) is 6.92 Å². The zero-order chi connectivity index (χ0) is 10.1. The van der Waals surface area contributed by atoms with E-state index in [1.54, 1.807) is 6.92 Å². The first kappa shape index (κ1) is 12.4. The third-order valence-corrected chi connectivity index (χ3v) is 1.81. The van der Waals surface area contributed by atoms with Crippen LogP contribution >= 0.6 is 0 Å². The molecule has 0 fully saturated rings. The van der Waals surface area contributed by atoms with Crippen LogP contribution in [0.15, 0.2) is 12.2 Å². The van der Waals surface area contributed by atoms with Gasteiger partial charge in [-0.05, 0) is 33.2 Å². The molecule has 0 aromatic rings. The first-order valence-corrected chi connectivity index (χ1v) is 4.97. The van der Waals surface area contributed by atoms with Crippen LogP contribution in [0.2, 0.25) is 0 Å². The molecule has 1 N–H and O–H groups in total. The molecular weight excluding hydrogens is 162 g/mol. The third kappa shape index (κ3) is 11.4. The summed E-state index contributed by atoms with van der Waals surface area (Å²) in [5.41, 5.74) is 1.17. The standard InChI is InChI=1S/C11H21NO/c1-10(2)9-12-8-6-4-5-7-11(3)13/h12H,1,4-9H2,2-3H3. The topological polar surface area (TPSA) is 29.1 Å². The van der Waals surface area contributed by atoms with E-state index in [9.17, 15) is 4.79 Å². The van der Waals surface area contributed by atoms with E-state index in [-0.39, 0.29) is 0 Å². The highest BCUT2D eigenvalue weighted by molar-refractivity contribution is 5.75. The molecule has 0 saturated heterocycles. The third-order valence-electron chi connectivity index (χ3n) is 1.81. The van der Waals surface area contributed by atoms with Crippen LogP contribution in [-0.2, 0) is 4.79 Å². The maximum absolute atomic E-state index is 10.6. The van der Waals surface area contributed by atoms with E-state index in [2.05, 4.69) is 11.9 Å². The first-order valence-electron chi connectivity index (χ1n) is 4.97. The molecule has 2 heteroatoms. The van der Waals surface area contributed by atoms with Gasteiger partial charge in [0, 0.05) is 13.0 Å². The minimum atomic E-state index is 0.301. The van der Waals surface area contributed by atoms with Crippen molar-refractivity contribution in [3.8, 4) is 0 Å². The SMILES string of the molecule is C=C(C)CNCCCCCC(C)=O. The second-order valence-corrected chi connectivity index (χ2v) is 3.65. The molecule has 0 bridgehead atoms. The number of Topliss-reactive ketones (excluding diaryl/α,β-unsaturated/α-hetero) is 1. The van der Waals surface area contributed by atoms with E-state index in [0.717, 1.165) is 38.8 Å². The average Bonchev–Trinajstić information content (AvgIpc) is 2.01. The Morgan fingerprint density at radius 1 is 1.23 bits per heavy atom. The lowest BCUT2D eigenvalue weighted by molar-refractivity contribution is -0.117. The van der Waals surface area contributed by atoms with Crippen molar-refractivity contribution in [2.45, 2.75) is 39.5 Å². The Hall–Kier alpha value is -0.630. The van der Waals surface area contributed by atoms with Crippen molar-refractivity contribution >= 4 is 5.78 Å². The van der Waals surface area contributed by atoms with Gasteiger partial charge < -0.3 is 10.1 Å². The predicted molar refractivity (Wildman–Crippen MR) is 56.8 cm³/mol. The quantitative estimate of drug-likeness (QED) is 0.462. The number of nitrogens with one attached hydrogen (secondary N) is 1. The smallest absolute Gasteiger partial charge is 0.129 e. The monoisotopic (exact) mass is 183 g/mol. The van der Waals surface area contributed by atoms with Crippen LogP contribution in [0.1, 0.15) is 39.5 Å². The summed E-state index contributed by atoms with van der Waals surface area (Å²) in [4.78, 5) is 10.6. The molecule has 0 spiro atoms. The van der Waals surface area contributed by atoms with Gasteiger partial charge in [-0.25, -0.2) is 0 Å². The van der Waals surface area contributed by atoms with Crippen LogP contribution in [0.5, 0.6) is 0 Å². The molecule has 0 rings (SSSR count). The second-order valence-electron chi connectivity index (χ2n) is 3.65. The molecule has 0 aliphatic heterocycles. The first-order chi connectivity index (χ1) is 6.13. The van der Waals surface area contributed by atoms with Crippen molar-refractivity contribution in [3.63, 3.8) is 0 Å². The van der Waals surface area contributed by atoms with Gasteiger partial charge in [0.15, 0.2) is 0 Å². The van der Waals surface area contributed by atoms with E-state index in [1.165, 1.54) is 5.57 Å². The normalized spacial score (nSPS) is 10.0. The maximum Gasteiger partial charge on any atom is 0.129 e. The summed E-state index contributed by atoms with van der Waals surface area (Å²) in [6.07, 6.45) is 4.06. The Balaban J connectivity index is 3.00. The summed E-state index contributed by atoms with van der Waals surface area (Å²) in [5.74, 6) is 0.301. The summed E-state index contributed by atoms with van der Waals surface area (Å²) < 4.78 is 0. The Morgan fingerprint density at radius 3 is 2.46 bits per heavy atom. The number of carbonyl (C=O) groups is 1. The fourth-order valence-electron chi connectivity index (χ4n) is 1.10. The molecule has 0 aromatic heterocycles. The van der Waals surface area contributed by atoms with E-state index in [4.69, 9.17) is 0 Å². The van der Waals surface area contributed by atoms with Crippen molar-refractivity contribution in [2.24, 2.45) is 0 Å². The van der Waals surface area contributed by atoms with Gasteiger partial charge in [0.2, 0.25) is 0 Å². The van der Waals surface area contributed by atoms with Crippen LogP contribution < -0.4 is 5.32 Å². The Labute approximate surface area is 81.4 Å². The number of carbonyl (C=O) groups excluding carboxylic acids is 1. The number of unbranched alkanes of at least 4 members (excludes halogenated alkanes) is 2. The molecule has 76 valence electrons. The van der Waals surface area contributed by atoms with Gasteiger partial charge in [-0.3, -0.25) is 0 Å². The lowest BCUT2D eigenvalue weighted by Crippen LogP contribution is -2.17. The van der Waals surface area contributed by atoms with E-state index < -0.39 is 0 Å². The number of hydrogen-bond donors (Lipinski definition) is 1. The lowest BCUT2D eigenvalue weighted by atomic mass is 10.1. The van der Waals surface area contributed by atoms with Crippen molar-refractivity contribution < 1.29 is 4.79 Å². The number of rotatable bonds is 8. The molecular formula is C11H21NO. The summed E-state index contributed by atoms with van der Waals surface area (Å²) in [7, 11) is 0. The minimum absolute atomic E-state index is 0.301. The highest BCUT2D eigenvalue weighted by Gasteiger charge is 1.93. The van der Waals surface area contributed by atoms with Gasteiger partial charge in [0.25, 0.3) is 0 Å². The lowest BCUT2D eigenvalue weighted by Gasteiger charge is -2.03. The highest BCUT2D eigenvalue weighted by Crippen LogP contribution is 1.99. The Bertz CT molecular complexity index is 145. The summed E-state index contributed by atoms with van der Waals surface area (Å²) >= 11 is 0. The van der Waals surface area contributed by atoms with Crippen LogP contribution in [0.25, 0.3) is 0 Å². The number of hydrogen-bond acceptors (Lipinski definition) is 2. The molecule has 0 amide bonds. The van der Waals surface area contributed by atoms with Gasteiger partial charge in [0.05, 0.1) is 0 Å². The van der Waals surface area contributed by atoms with Crippen molar-refractivity contribution in [3.05, 3.63) is 12.2 Å². The molecule has 13 heavy (non-hydrogen) atoms. The van der Waals surface area contributed by atoms with Gasteiger partial charge in [-0.1, -0.05) is 18.6 Å². The number of ketones is 1. The van der Waals surface area contributed by atoms with Gasteiger partial charge in [-0.2, -0.15) is 0 Å². The Kier molecular flexibility index (Phi) is 7.60. The average molecular weight is 183 g/mol. The molecule has 0 radical (unpaired) electrons. The summed E-state index contributed by atoms with van der Waals surface area (Å²) in [6.45, 7) is 9.42. The molecule has 0 heterocycles. The van der Waals surface area contributed by atoms with Crippen LogP contribution in [-0.4, -0.2) is 18.9 Å². The molecule has 0 aromatic carbocycles. The molecule has 0 aliphatic rings. The highest BCUT2D eigenvalue weighted by atomic mass is 16.1. The van der Waals surface area contributed by atoms with Gasteiger partial charge in [0.1, 0.15) is 5.78 Å². The van der Waals surface area contributed by atoms with E-state index in [0.29, 0.717) is 5.78 Å². The molecule has 0 atom stereocenters. The van der Waals surface area contributed by atoms with Gasteiger partial charge in [-0.15, -0.1) is 0 Å². The van der Waals surface area contributed by atoms with Crippen LogP contribution in [0.3, 0.4) is 0 Å². The second kappa shape index (κ2) is 7.99. The Morgan fingerprint density at radius 2 is 1.92 bits per heavy atom. The predicted octanol–water partition coefficient (Wildman–Crippen LogP) is 2.30. The fraction of sp³-hybridized carbons (Fsp3) is 0.727. The van der Waals surface area contributed by atoms with Gasteiger partial charge >= 0.3 is 0 Å². The summed E-state index contributed by atoms with van der Waals surface area (Å²) in [5, 5.41) is 3.29. The largest absolute Gasteiger partial charge is 0.313 e. The van der Waals surface area contributed by atoms with Crippen LogP contribution in [0.4, 0.5) is 0 Å². The van der Waals surface area contributed by atoms with Crippen molar-refractivity contribution in [1.82, 2.24) is 5.32 Å². The minimum Gasteiger partial charge on any atom is -0.313 e. The molecule has 0 aliphatic carbocycles. The molecule has 2 nitrogen and oxygen atoms in total. The van der Waals surface area contributed by atoms with E-state index >= 15 is 0 Å². The fourth-order valence-corrected chi connectivity index (χ4v) is 1.10. The maximum atomic E-state index is 10.6. The zero-order valence-electron chi connectivity index (χ0n) is 8.86. The zero-order valence-corrected chi connectivity index (χ0v) is 8.86.